The Hall–Kier alpha value is -3.33. The average Bonchev–Trinajstić information content (AvgIpc) is 3.21. The molecule has 26 heavy (non-hydrogen) atoms. The van der Waals surface area contributed by atoms with E-state index in [4.69, 9.17) is 9.40 Å². The highest BCUT2D eigenvalue weighted by atomic mass is 16.3. The third kappa shape index (κ3) is 2.88. The number of benzene rings is 1. The van der Waals surface area contributed by atoms with Gasteiger partial charge in [-0.05, 0) is 36.8 Å². The first-order valence-electron chi connectivity index (χ1n) is 8.55. The van der Waals surface area contributed by atoms with E-state index in [0.717, 1.165) is 16.5 Å². The number of piperazine rings is 1. The van der Waals surface area contributed by atoms with Gasteiger partial charge >= 0.3 is 0 Å². The predicted octanol–water partition coefficient (Wildman–Crippen LogP) is 2.97. The largest absolute Gasteiger partial charge is 0.459 e. The summed E-state index contributed by atoms with van der Waals surface area (Å²) in [6.45, 7) is 4.42. The first-order valence-corrected chi connectivity index (χ1v) is 8.55. The van der Waals surface area contributed by atoms with Gasteiger partial charge in [0, 0.05) is 31.6 Å². The summed E-state index contributed by atoms with van der Waals surface area (Å²) in [4.78, 5) is 21.0. The number of aromatic nitrogens is 1. The molecule has 1 aliphatic rings. The zero-order valence-corrected chi connectivity index (χ0v) is 14.5. The second-order valence-corrected chi connectivity index (χ2v) is 6.42. The Balaban J connectivity index is 1.57. The van der Waals surface area contributed by atoms with Crippen LogP contribution < -0.4 is 4.90 Å². The summed E-state index contributed by atoms with van der Waals surface area (Å²) in [5.41, 5.74) is 2.58. The minimum atomic E-state index is -0.0998. The zero-order chi connectivity index (χ0) is 18.1. The molecule has 130 valence electrons. The molecule has 0 radical (unpaired) electrons. The van der Waals surface area contributed by atoms with Crippen molar-refractivity contribution in [3.63, 3.8) is 0 Å². The summed E-state index contributed by atoms with van der Waals surface area (Å²) < 4.78 is 5.20. The number of aryl methyl sites for hydroxylation is 1. The highest BCUT2D eigenvalue weighted by Gasteiger charge is 2.25. The van der Waals surface area contributed by atoms with E-state index in [1.165, 1.54) is 6.26 Å². The number of hydrogen-bond acceptors (Lipinski definition) is 5. The summed E-state index contributed by atoms with van der Waals surface area (Å²) in [7, 11) is 0. The molecular formula is C20H18N4O2. The van der Waals surface area contributed by atoms with Gasteiger partial charge in [0.2, 0.25) is 0 Å². The van der Waals surface area contributed by atoms with Gasteiger partial charge in [-0.3, -0.25) is 4.79 Å². The summed E-state index contributed by atoms with van der Waals surface area (Å²) in [5.74, 6) is 0.948. The lowest BCUT2D eigenvalue weighted by Crippen LogP contribution is -2.49. The maximum absolute atomic E-state index is 12.4. The van der Waals surface area contributed by atoms with Gasteiger partial charge in [0.05, 0.1) is 17.3 Å². The number of fused-ring (bicyclic) bond motifs is 1. The minimum absolute atomic E-state index is 0.0998. The molecule has 1 aliphatic heterocycles. The van der Waals surface area contributed by atoms with Gasteiger partial charge in [0.25, 0.3) is 5.91 Å². The van der Waals surface area contributed by atoms with Crippen molar-refractivity contribution >= 4 is 22.6 Å². The second-order valence-electron chi connectivity index (χ2n) is 6.42. The van der Waals surface area contributed by atoms with Crippen molar-refractivity contribution in [3.05, 3.63) is 59.5 Å². The molecule has 6 nitrogen and oxygen atoms in total. The molecule has 0 unspecified atom stereocenters. The standard InChI is InChI=1S/C20H18N4O2/c1-14-4-5-15-12-16(13-21)19(22-17(15)11-14)23-6-8-24(9-7-23)20(25)18-3-2-10-26-18/h2-5,10-12H,6-9H2,1H3. The summed E-state index contributed by atoms with van der Waals surface area (Å²) in [6.07, 6.45) is 1.50. The maximum atomic E-state index is 12.4. The van der Waals surface area contributed by atoms with E-state index in [1.54, 1.807) is 17.0 Å². The van der Waals surface area contributed by atoms with Gasteiger partial charge in [-0.15, -0.1) is 0 Å². The van der Waals surface area contributed by atoms with E-state index in [1.807, 2.05) is 31.2 Å². The molecule has 3 heterocycles. The van der Waals surface area contributed by atoms with Crippen molar-refractivity contribution < 1.29 is 9.21 Å². The number of hydrogen-bond donors (Lipinski definition) is 0. The number of nitrogens with zero attached hydrogens (tertiary/aromatic N) is 4. The van der Waals surface area contributed by atoms with Crippen LogP contribution in [0.25, 0.3) is 10.9 Å². The SMILES string of the molecule is Cc1ccc2cc(C#N)c(N3CCN(C(=O)c4ccco4)CC3)nc2c1. The van der Waals surface area contributed by atoms with Crippen LogP contribution in [0, 0.1) is 18.3 Å². The van der Waals surface area contributed by atoms with Crippen LogP contribution in [0.1, 0.15) is 21.7 Å². The van der Waals surface area contributed by atoms with Crippen LogP contribution in [0.15, 0.2) is 47.1 Å². The van der Waals surface area contributed by atoms with Gasteiger partial charge in [0.15, 0.2) is 5.76 Å². The average molecular weight is 346 g/mol. The van der Waals surface area contributed by atoms with Crippen molar-refractivity contribution in [1.29, 1.82) is 5.26 Å². The highest BCUT2D eigenvalue weighted by molar-refractivity contribution is 5.91. The van der Waals surface area contributed by atoms with Crippen LogP contribution in [0.5, 0.6) is 0 Å². The number of rotatable bonds is 2. The van der Waals surface area contributed by atoms with E-state index in [2.05, 4.69) is 11.0 Å². The van der Waals surface area contributed by atoms with Crippen LogP contribution in [-0.4, -0.2) is 42.0 Å². The Morgan fingerprint density at radius 3 is 2.69 bits per heavy atom. The number of anilines is 1. The summed E-state index contributed by atoms with van der Waals surface area (Å²) in [5, 5.41) is 10.5. The molecule has 1 saturated heterocycles. The molecule has 0 atom stereocenters. The molecule has 3 aromatic rings. The third-order valence-corrected chi connectivity index (χ3v) is 4.67. The molecular weight excluding hydrogens is 328 g/mol. The number of amides is 1. The van der Waals surface area contributed by atoms with Crippen LogP contribution in [0.2, 0.25) is 0 Å². The normalized spacial score (nSPS) is 14.5. The summed E-state index contributed by atoms with van der Waals surface area (Å²) in [6, 6.07) is 13.6. The van der Waals surface area contributed by atoms with Crippen LogP contribution in [0.3, 0.4) is 0 Å². The molecule has 2 aromatic heterocycles. The fourth-order valence-corrected chi connectivity index (χ4v) is 3.27. The van der Waals surface area contributed by atoms with Gasteiger partial charge < -0.3 is 14.2 Å². The predicted molar refractivity (Wildman–Crippen MR) is 98.0 cm³/mol. The van der Waals surface area contributed by atoms with Crippen molar-refractivity contribution in [1.82, 2.24) is 9.88 Å². The number of furan rings is 1. The van der Waals surface area contributed by atoms with Crippen LogP contribution in [0.4, 0.5) is 5.82 Å². The molecule has 1 amide bonds. The smallest absolute Gasteiger partial charge is 0.289 e. The lowest BCUT2D eigenvalue weighted by Gasteiger charge is -2.35. The van der Waals surface area contributed by atoms with Gasteiger partial charge in [-0.25, -0.2) is 4.98 Å². The molecule has 0 spiro atoms. The lowest BCUT2D eigenvalue weighted by atomic mass is 10.1. The number of carbonyl (C=O) groups excluding carboxylic acids is 1. The third-order valence-electron chi connectivity index (χ3n) is 4.67. The Morgan fingerprint density at radius 2 is 2.00 bits per heavy atom. The molecule has 1 aromatic carbocycles. The first kappa shape index (κ1) is 16.2. The zero-order valence-electron chi connectivity index (χ0n) is 14.5. The Morgan fingerprint density at radius 1 is 1.19 bits per heavy atom. The highest BCUT2D eigenvalue weighted by Crippen LogP contribution is 2.25. The lowest BCUT2D eigenvalue weighted by molar-refractivity contribution is 0.0714. The van der Waals surface area contributed by atoms with E-state index in [-0.39, 0.29) is 5.91 Å². The van der Waals surface area contributed by atoms with Gasteiger partial charge in [-0.2, -0.15) is 5.26 Å². The van der Waals surface area contributed by atoms with E-state index in [9.17, 15) is 10.1 Å². The molecule has 6 heteroatoms. The van der Waals surface area contributed by atoms with Crippen molar-refractivity contribution in [2.24, 2.45) is 0 Å². The fraction of sp³-hybridized carbons (Fsp3) is 0.250. The Labute approximate surface area is 151 Å². The minimum Gasteiger partial charge on any atom is -0.459 e. The van der Waals surface area contributed by atoms with Gasteiger partial charge in [-0.1, -0.05) is 12.1 Å². The molecule has 4 rings (SSSR count). The fourth-order valence-electron chi connectivity index (χ4n) is 3.27. The maximum Gasteiger partial charge on any atom is 0.289 e. The monoisotopic (exact) mass is 346 g/mol. The summed E-state index contributed by atoms with van der Waals surface area (Å²) >= 11 is 0. The molecule has 0 aliphatic carbocycles. The molecule has 1 fully saturated rings. The Kier molecular flexibility index (Phi) is 4.05. The molecule has 0 saturated carbocycles. The van der Waals surface area contributed by atoms with E-state index >= 15 is 0 Å². The van der Waals surface area contributed by atoms with Crippen LogP contribution in [-0.2, 0) is 0 Å². The van der Waals surface area contributed by atoms with E-state index in [0.29, 0.717) is 43.3 Å². The van der Waals surface area contributed by atoms with E-state index < -0.39 is 0 Å². The molecule has 0 bridgehead atoms. The van der Waals surface area contributed by atoms with Crippen LogP contribution >= 0.6 is 0 Å². The van der Waals surface area contributed by atoms with Crippen molar-refractivity contribution in [3.8, 4) is 6.07 Å². The number of pyridine rings is 1. The first-order chi connectivity index (χ1) is 12.7. The quantitative estimate of drug-likeness (QED) is 0.713. The second kappa shape index (κ2) is 6.52. The van der Waals surface area contributed by atoms with Crippen molar-refractivity contribution in [2.45, 2.75) is 6.92 Å². The van der Waals surface area contributed by atoms with Crippen molar-refractivity contribution in [2.75, 3.05) is 31.1 Å². The topological polar surface area (TPSA) is 73.4 Å². The van der Waals surface area contributed by atoms with Gasteiger partial charge in [0.1, 0.15) is 11.9 Å². The number of nitriles is 1. The Bertz CT molecular complexity index is 997. The number of carbonyl (C=O) groups is 1. The molecule has 0 N–H and O–H groups in total.